The minimum Gasteiger partial charge on any atom is -0.352 e. The van der Waals surface area contributed by atoms with Gasteiger partial charge >= 0.3 is 0 Å². The molecule has 0 saturated carbocycles. The summed E-state index contributed by atoms with van der Waals surface area (Å²) >= 11 is 1.76. The lowest BCUT2D eigenvalue weighted by Gasteiger charge is -2.17. The molecule has 24 heavy (non-hydrogen) atoms. The van der Waals surface area contributed by atoms with E-state index in [9.17, 15) is 0 Å². The van der Waals surface area contributed by atoms with E-state index in [0.29, 0.717) is 12.6 Å². The number of aromatic nitrogens is 3. The number of anilines is 1. The number of imidazole rings is 1. The first kappa shape index (κ1) is 15.6. The molecule has 126 valence electrons. The van der Waals surface area contributed by atoms with Crippen molar-refractivity contribution >= 4 is 28.4 Å². The maximum absolute atomic E-state index is 5.67. The fourth-order valence-corrected chi connectivity index (χ4v) is 3.99. The number of thiophene rings is 1. The van der Waals surface area contributed by atoms with Crippen molar-refractivity contribution in [3.63, 3.8) is 0 Å². The molecule has 1 fully saturated rings. The number of rotatable bonds is 6. The Morgan fingerprint density at radius 3 is 3.12 bits per heavy atom. The zero-order chi connectivity index (χ0) is 16.4. The summed E-state index contributed by atoms with van der Waals surface area (Å²) in [6.45, 7) is 4.59. The molecule has 4 heterocycles. The van der Waals surface area contributed by atoms with Crippen LogP contribution in [-0.4, -0.2) is 51.7 Å². The first-order valence-electron chi connectivity index (χ1n) is 8.36. The van der Waals surface area contributed by atoms with Crippen molar-refractivity contribution in [2.24, 2.45) is 5.73 Å². The van der Waals surface area contributed by atoms with E-state index >= 15 is 0 Å². The Bertz CT molecular complexity index is 797. The third-order valence-electron chi connectivity index (χ3n) is 4.45. The first-order valence-corrected chi connectivity index (χ1v) is 9.24. The molecule has 0 aliphatic carbocycles. The molecule has 3 aromatic rings. The van der Waals surface area contributed by atoms with Gasteiger partial charge in [0.25, 0.3) is 0 Å². The van der Waals surface area contributed by atoms with E-state index in [2.05, 4.69) is 37.3 Å². The molecule has 0 radical (unpaired) electrons. The third-order valence-corrected chi connectivity index (χ3v) is 5.31. The highest BCUT2D eigenvalue weighted by Gasteiger charge is 2.23. The van der Waals surface area contributed by atoms with Crippen LogP contribution in [0.5, 0.6) is 0 Å². The zero-order valence-electron chi connectivity index (χ0n) is 13.6. The van der Waals surface area contributed by atoms with Crippen LogP contribution in [0.25, 0.3) is 11.2 Å². The highest BCUT2D eigenvalue weighted by atomic mass is 32.1. The van der Waals surface area contributed by atoms with Gasteiger partial charge in [0.2, 0.25) is 5.95 Å². The summed E-state index contributed by atoms with van der Waals surface area (Å²) in [4.78, 5) is 13.0. The number of nitrogens with zero attached hydrogens (tertiary/aromatic N) is 4. The topological polar surface area (TPSA) is 72.0 Å². The second-order valence-corrected chi connectivity index (χ2v) is 7.20. The minimum absolute atomic E-state index is 0.412. The van der Waals surface area contributed by atoms with Crippen LogP contribution in [0.15, 0.2) is 35.8 Å². The second kappa shape index (κ2) is 6.88. The van der Waals surface area contributed by atoms with Crippen molar-refractivity contribution < 1.29 is 0 Å². The monoisotopic (exact) mass is 342 g/mol. The van der Waals surface area contributed by atoms with Gasteiger partial charge in [0.1, 0.15) is 5.52 Å². The standard InChI is InChI=1S/C17H22N6S/c18-6-9-22-8-5-13(11-22)20-17-21-15-4-1-7-19-16(15)23(17)12-14-3-2-10-24-14/h1-4,7,10,13H,5-6,8-9,11-12,18H2,(H,20,21). The highest BCUT2D eigenvalue weighted by molar-refractivity contribution is 7.09. The van der Waals surface area contributed by atoms with Crippen molar-refractivity contribution in [3.05, 3.63) is 40.7 Å². The average Bonchev–Trinajstić information content (AvgIpc) is 3.31. The maximum Gasteiger partial charge on any atom is 0.205 e. The van der Waals surface area contributed by atoms with Gasteiger partial charge in [-0.3, -0.25) is 9.47 Å². The highest BCUT2D eigenvalue weighted by Crippen LogP contribution is 2.23. The number of nitrogens with two attached hydrogens (primary N) is 1. The zero-order valence-corrected chi connectivity index (χ0v) is 14.4. The predicted octanol–water partition coefficient (Wildman–Crippen LogP) is 1.99. The Hall–Kier alpha value is -1.96. The summed E-state index contributed by atoms with van der Waals surface area (Å²) in [6, 6.07) is 8.61. The molecule has 6 nitrogen and oxygen atoms in total. The van der Waals surface area contributed by atoms with Crippen LogP contribution in [0.4, 0.5) is 5.95 Å². The quantitative estimate of drug-likeness (QED) is 0.717. The van der Waals surface area contributed by atoms with E-state index in [1.165, 1.54) is 4.88 Å². The molecule has 1 aliphatic heterocycles. The van der Waals surface area contributed by atoms with Crippen LogP contribution < -0.4 is 11.1 Å². The number of hydrogen-bond donors (Lipinski definition) is 2. The lowest BCUT2D eigenvalue weighted by atomic mass is 10.3. The van der Waals surface area contributed by atoms with Gasteiger partial charge in [0.15, 0.2) is 5.65 Å². The van der Waals surface area contributed by atoms with Crippen LogP contribution in [0.1, 0.15) is 11.3 Å². The Kier molecular flexibility index (Phi) is 4.46. The molecule has 0 amide bonds. The van der Waals surface area contributed by atoms with E-state index in [1.54, 1.807) is 11.3 Å². The molecular weight excluding hydrogens is 320 g/mol. The van der Waals surface area contributed by atoms with Gasteiger partial charge in [-0.25, -0.2) is 9.97 Å². The van der Waals surface area contributed by atoms with Gasteiger partial charge in [-0.1, -0.05) is 6.07 Å². The van der Waals surface area contributed by atoms with E-state index < -0.39 is 0 Å². The Morgan fingerprint density at radius 2 is 2.29 bits per heavy atom. The van der Waals surface area contributed by atoms with Crippen molar-refractivity contribution in [3.8, 4) is 0 Å². The van der Waals surface area contributed by atoms with Gasteiger partial charge in [-0.2, -0.15) is 0 Å². The SMILES string of the molecule is NCCN1CCC(Nc2nc3cccnc3n2Cc2cccs2)C1. The Morgan fingerprint density at radius 1 is 1.33 bits per heavy atom. The Labute approximate surface area is 145 Å². The normalized spacial score (nSPS) is 18.5. The largest absolute Gasteiger partial charge is 0.352 e. The number of hydrogen-bond acceptors (Lipinski definition) is 6. The lowest BCUT2D eigenvalue weighted by molar-refractivity contribution is 0.346. The summed E-state index contributed by atoms with van der Waals surface area (Å²) in [5.41, 5.74) is 7.55. The van der Waals surface area contributed by atoms with Crippen molar-refractivity contribution in [1.29, 1.82) is 0 Å². The van der Waals surface area contributed by atoms with Crippen molar-refractivity contribution in [2.75, 3.05) is 31.5 Å². The molecule has 1 aliphatic rings. The van der Waals surface area contributed by atoms with Gasteiger partial charge in [0.05, 0.1) is 6.54 Å². The molecule has 1 atom stereocenters. The van der Waals surface area contributed by atoms with Crippen molar-refractivity contribution in [1.82, 2.24) is 19.4 Å². The molecular formula is C17H22N6S. The molecule has 1 saturated heterocycles. The fraction of sp³-hybridized carbons (Fsp3) is 0.412. The molecule has 0 spiro atoms. The van der Waals surface area contributed by atoms with Crippen LogP contribution in [-0.2, 0) is 6.54 Å². The lowest BCUT2D eigenvalue weighted by Crippen LogP contribution is -2.30. The van der Waals surface area contributed by atoms with Crippen LogP contribution in [0.3, 0.4) is 0 Å². The maximum atomic E-state index is 5.67. The van der Waals surface area contributed by atoms with Crippen LogP contribution in [0.2, 0.25) is 0 Å². The Balaban J connectivity index is 1.60. The van der Waals surface area contributed by atoms with E-state index in [1.807, 2.05) is 18.3 Å². The minimum atomic E-state index is 0.412. The molecule has 0 bridgehead atoms. The van der Waals surface area contributed by atoms with Gasteiger partial charge in [0, 0.05) is 43.3 Å². The average molecular weight is 342 g/mol. The smallest absolute Gasteiger partial charge is 0.205 e. The summed E-state index contributed by atoms with van der Waals surface area (Å²) in [6.07, 6.45) is 2.95. The second-order valence-electron chi connectivity index (χ2n) is 6.17. The van der Waals surface area contributed by atoms with Gasteiger partial charge < -0.3 is 11.1 Å². The molecule has 4 rings (SSSR count). The van der Waals surface area contributed by atoms with Crippen molar-refractivity contribution in [2.45, 2.75) is 19.0 Å². The number of pyridine rings is 1. The molecule has 0 aromatic carbocycles. The van der Waals surface area contributed by atoms with Gasteiger partial charge in [-0.15, -0.1) is 11.3 Å². The predicted molar refractivity (Wildman–Crippen MR) is 98.5 cm³/mol. The van der Waals surface area contributed by atoms with E-state index in [0.717, 1.165) is 49.7 Å². The summed E-state index contributed by atoms with van der Waals surface area (Å²) < 4.78 is 2.19. The van der Waals surface area contributed by atoms with E-state index in [-0.39, 0.29) is 0 Å². The first-order chi connectivity index (χ1) is 11.8. The fourth-order valence-electron chi connectivity index (χ4n) is 3.30. The summed E-state index contributed by atoms with van der Waals surface area (Å²) in [7, 11) is 0. The molecule has 3 aromatic heterocycles. The molecule has 3 N–H and O–H groups in total. The van der Waals surface area contributed by atoms with Crippen LogP contribution >= 0.6 is 11.3 Å². The molecule has 7 heteroatoms. The van der Waals surface area contributed by atoms with E-state index in [4.69, 9.17) is 10.7 Å². The third kappa shape index (κ3) is 3.15. The number of fused-ring (bicyclic) bond motifs is 1. The van der Waals surface area contributed by atoms with Crippen LogP contribution in [0, 0.1) is 0 Å². The number of nitrogens with one attached hydrogen (secondary N) is 1. The summed E-state index contributed by atoms with van der Waals surface area (Å²) in [5, 5.41) is 5.74. The van der Waals surface area contributed by atoms with Gasteiger partial charge in [-0.05, 0) is 30.0 Å². The summed E-state index contributed by atoms with van der Waals surface area (Å²) in [5.74, 6) is 0.914. The number of likely N-dealkylation sites (tertiary alicyclic amines) is 1. The molecule has 1 unspecified atom stereocenters.